The molecule has 9 rings (SSSR count). The summed E-state index contributed by atoms with van der Waals surface area (Å²) in [4.78, 5) is 9.94. The van der Waals surface area contributed by atoms with Crippen LogP contribution in [0.5, 0.6) is 0 Å². The third-order valence-corrected chi connectivity index (χ3v) is 15.5. The van der Waals surface area contributed by atoms with Crippen LogP contribution in [-0.4, -0.2) is 14.4 Å². The van der Waals surface area contributed by atoms with Gasteiger partial charge in [0.1, 0.15) is 5.65 Å². The monoisotopic (exact) mass is 669 g/mol. The number of rotatable bonds is 6. The lowest BCUT2D eigenvalue weighted by Crippen LogP contribution is -2.25. The van der Waals surface area contributed by atoms with Crippen LogP contribution in [-0.2, 0) is 9.13 Å². The second-order valence-corrected chi connectivity index (χ2v) is 17.6. The smallest absolute Gasteiger partial charge is 0.171 e. The lowest BCUT2D eigenvalue weighted by molar-refractivity contribution is 0.591. The average molecular weight is 670 g/mol. The molecule has 5 nitrogen and oxygen atoms in total. The molecule has 0 radical (unpaired) electrons. The molecule has 0 saturated heterocycles. The molecular formula is C42H29N3O2P2. The van der Waals surface area contributed by atoms with Gasteiger partial charge in [0.2, 0.25) is 0 Å². The van der Waals surface area contributed by atoms with Crippen molar-refractivity contribution in [2.45, 2.75) is 0 Å². The predicted molar refractivity (Wildman–Crippen MR) is 204 cm³/mol. The SMILES string of the molecule is O=P(c1ccccc1)(c1ccccc1)c1ccc2nc3c4cccnc4c4ccc(P(=O)(c5ccccc5)c5ccccc5)cc4n3c2c1. The summed E-state index contributed by atoms with van der Waals surface area (Å²) in [5, 5.41) is 6.31. The molecule has 0 amide bonds. The number of hydrogen-bond acceptors (Lipinski definition) is 4. The fourth-order valence-corrected chi connectivity index (χ4v) is 12.4. The van der Waals surface area contributed by atoms with Crippen LogP contribution in [0.3, 0.4) is 0 Å². The van der Waals surface area contributed by atoms with Crippen molar-refractivity contribution in [1.29, 1.82) is 0 Å². The maximum Gasteiger partial charge on any atom is 0.171 e. The lowest BCUT2D eigenvalue weighted by atomic mass is 10.1. The highest BCUT2D eigenvalue weighted by atomic mass is 31.2. The first-order chi connectivity index (χ1) is 24.1. The molecule has 3 aromatic heterocycles. The molecule has 0 spiro atoms. The van der Waals surface area contributed by atoms with Crippen LogP contribution in [0.15, 0.2) is 176 Å². The zero-order valence-corrected chi connectivity index (χ0v) is 28.1. The maximum absolute atomic E-state index is 15.5. The van der Waals surface area contributed by atoms with Gasteiger partial charge in [-0.2, -0.15) is 0 Å². The lowest BCUT2D eigenvalue weighted by Gasteiger charge is -2.21. The number of fused-ring (bicyclic) bond motifs is 8. The van der Waals surface area contributed by atoms with Gasteiger partial charge in [-0.25, -0.2) is 4.98 Å². The van der Waals surface area contributed by atoms with Gasteiger partial charge >= 0.3 is 0 Å². The van der Waals surface area contributed by atoms with Crippen molar-refractivity contribution in [2.75, 3.05) is 0 Å². The largest absolute Gasteiger partial charge is 0.309 e. The first-order valence-electron chi connectivity index (χ1n) is 16.1. The normalized spacial score (nSPS) is 12.2. The summed E-state index contributed by atoms with van der Waals surface area (Å²) in [7, 11) is -6.53. The van der Waals surface area contributed by atoms with Crippen molar-refractivity contribution in [3.8, 4) is 0 Å². The Morgan fingerprint density at radius 2 is 0.898 bits per heavy atom. The molecule has 3 heterocycles. The molecule has 0 aliphatic rings. The van der Waals surface area contributed by atoms with Crippen LogP contribution in [0, 0.1) is 0 Å². The first-order valence-corrected chi connectivity index (χ1v) is 19.5. The predicted octanol–water partition coefficient (Wildman–Crippen LogP) is 7.47. The van der Waals surface area contributed by atoms with E-state index in [-0.39, 0.29) is 0 Å². The minimum atomic E-state index is -3.28. The number of nitrogens with zero attached hydrogens (tertiary/aromatic N) is 3. The second-order valence-electron chi connectivity index (χ2n) is 12.1. The molecule has 0 saturated carbocycles. The third kappa shape index (κ3) is 4.54. The standard InChI is InChI=1S/C42H29N3O2P2/c46-48(30-14-5-1-6-15-30,31-16-7-2-8-17-31)34-23-25-36-39(28-34)45-40-29-35(24-26-38(40)44-42(45)37-22-13-27-43-41(36)37)49(47,32-18-9-3-10-19-32)33-20-11-4-12-21-33/h1-29H. The van der Waals surface area contributed by atoms with E-state index in [0.29, 0.717) is 10.6 Å². The molecular weight excluding hydrogens is 640 g/mol. The van der Waals surface area contributed by atoms with E-state index in [2.05, 4.69) is 4.40 Å². The summed E-state index contributed by atoms with van der Waals surface area (Å²) in [6, 6.07) is 54.7. The van der Waals surface area contributed by atoms with Crippen molar-refractivity contribution < 1.29 is 9.13 Å². The Labute approximate surface area is 283 Å². The Balaban J connectivity index is 1.39. The zero-order chi connectivity index (χ0) is 33.0. The molecule has 0 bridgehead atoms. The fraction of sp³-hybridized carbons (Fsp3) is 0. The van der Waals surface area contributed by atoms with E-state index in [0.717, 1.165) is 59.7 Å². The van der Waals surface area contributed by atoms with Crippen molar-refractivity contribution >= 4 is 84.6 Å². The highest BCUT2D eigenvalue weighted by molar-refractivity contribution is 7.85. The summed E-state index contributed by atoms with van der Waals surface area (Å²) < 4.78 is 33.0. The topological polar surface area (TPSA) is 64.3 Å². The van der Waals surface area contributed by atoms with Gasteiger partial charge in [0.25, 0.3) is 0 Å². The van der Waals surface area contributed by atoms with E-state index in [9.17, 15) is 0 Å². The number of imidazole rings is 1. The van der Waals surface area contributed by atoms with E-state index in [4.69, 9.17) is 9.97 Å². The average Bonchev–Trinajstić information content (AvgIpc) is 3.58. The Morgan fingerprint density at radius 1 is 0.429 bits per heavy atom. The quantitative estimate of drug-likeness (QED) is 0.136. The van der Waals surface area contributed by atoms with Crippen LogP contribution >= 0.6 is 14.3 Å². The number of pyridine rings is 2. The summed E-state index contributed by atoms with van der Waals surface area (Å²) in [5.74, 6) is 0. The highest BCUT2D eigenvalue weighted by Crippen LogP contribution is 2.45. The molecule has 9 aromatic rings. The van der Waals surface area contributed by atoms with E-state index in [1.165, 1.54) is 0 Å². The molecule has 234 valence electrons. The van der Waals surface area contributed by atoms with Crippen LogP contribution in [0.2, 0.25) is 0 Å². The molecule has 0 aliphatic carbocycles. The van der Waals surface area contributed by atoms with Crippen molar-refractivity contribution in [3.63, 3.8) is 0 Å². The van der Waals surface area contributed by atoms with Gasteiger partial charge in [-0.15, -0.1) is 0 Å². The summed E-state index contributed by atoms with van der Waals surface area (Å²) >= 11 is 0. The third-order valence-electron chi connectivity index (χ3n) is 9.37. The van der Waals surface area contributed by atoms with E-state index >= 15 is 9.13 Å². The molecule has 49 heavy (non-hydrogen) atoms. The van der Waals surface area contributed by atoms with Crippen molar-refractivity contribution in [3.05, 3.63) is 176 Å². The highest BCUT2D eigenvalue weighted by Gasteiger charge is 2.32. The van der Waals surface area contributed by atoms with Crippen molar-refractivity contribution in [1.82, 2.24) is 14.4 Å². The molecule has 7 heteroatoms. The van der Waals surface area contributed by atoms with Gasteiger partial charge < -0.3 is 9.13 Å². The van der Waals surface area contributed by atoms with E-state index in [1.807, 2.05) is 170 Å². The van der Waals surface area contributed by atoms with Crippen LogP contribution in [0.1, 0.15) is 0 Å². The Bertz CT molecular complexity index is 2680. The van der Waals surface area contributed by atoms with Gasteiger partial charge in [-0.05, 0) is 42.5 Å². The Morgan fingerprint density at radius 3 is 1.41 bits per heavy atom. The molecule has 6 aromatic carbocycles. The molecule has 0 N–H and O–H groups in total. The Kier molecular flexibility index (Phi) is 6.95. The minimum Gasteiger partial charge on any atom is -0.309 e. The van der Waals surface area contributed by atoms with Gasteiger partial charge in [-0.1, -0.05) is 127 Å². The second kappa shape index (κ2) is 11.5. The molecule has 0 fully saturated rings. The van der Waals surface area contributed by atoms with Gasteiger partial charge in [0.05, 0.1) is 22.1 Å². The Hall–Kier alpha value is -5.60. The van der Waals surface area contributed by atoms with E-state index in [1.54, 1.807) is 6.20 Å². The summed E-state index contributed by atoms with van der Waals surface area (Å²) in [6.07, 6.45) is 1.79. The van der Waals surface area contributed by atoms with Crippen LogP contribution in [0.4, 0.5) is 0 Å². The zero-order valence-electron chi connectivity index (χ0n) is 26.3. The number of aromatic nitrogens is 3. The van der Waals surface area contributed by atoms with Gasteiger partial charge in [0.15, 0.2) is 14.3 Å². The van der Waals surface area contributed by atoms with Gasteiger partial charge in [-0.3, -0.25) is 9.38 Å². The number of hydrogen-bond donors (Lipinski definition) is 0. The molecule has 0 atom stereocenters. The van der Waals surface area contributed by atoms with E-state index < -0.39 is 14.3 Å². The molecule has 0 unspecified atom stereocenters. The first kappa shape index (κ1) is 29.5. The molecule has 0 aliphatic heterocycles. The van der Waals surface area contributed by atoms with Crippen LogP contribution in [0.25, 0.3) is 38.5 Å². The summed E-state index contributed by atoms with van der Waals surface area (Å²) in [5.41, 5.74) is 3.99. The minimum absolute atomic E-state index is 0.714. The summed E-state index contributed by atoms with van der Waals surface area (Å²) in [6.45, 7) is 0. The van der Waals surface area contributed by atoms with Gasteiger partial charge in [0, 0.05) is 48.8 Å². The fourth-order valence-electron chi connectivity index (χ4n) is 7.03. The van der Waals surface area contributed by atoms with Crippen LogP contribution < -0.4 is 31.8 Å². The van der Waals surface area contributed by atoms with Crippen molar-refractivity contribution in [2.24, 2.45) is 0 Å². The number of benzene rings is 6. The maximum atomic E-state index is 15.5.